The van der Waals surface area contributed by atoms with Crippen molar-refractivity contribution in [1.29, 1.82) is 0 Å². The molecule has 2 N–H and O–H groups in total. The molecule has 0 aromatic heterocycles. The highest BCUT2D eigenvalue weighted by Crippen LogP contribution is 2.49. The van der Waals surface area contributed by atoms with Crippen LogP contribution in [0.25, 0.3) is 0 Å². The normalized spacial score (nSPS) is 24.7. The summed E-state index contributed by atoms with van der Waals surface area (Å²) in [7, 11) is -3.68. The minimum absolute atomic E-state index is 0.132. The van der Waals surface area contributed by atoms with Gasteiger partial charge in [-0.15, -0.1) is 0 Å². The molecule has 148 valence electrons. The SMILES string of the molecule is CC(NC(=O)c1cccc(NS(=O)(=O)c2ccccc2)c1)C1CC2CCC1C2. The molecule has 0 radical (unpaired) electrons. The number of nitrogens with one attached hydrogen (secondary N) is 2. The molecule has 2 aromatic carbocycles. The molecule has 4 atom stereocenters. The number of fused-ring (bicyclic) bond motifs is 2. The number of carbonyl (C=O) groups excluding carboxylic acids is 1. The third-order valence-corrected chi connectivity index (χ3v) is 7.62. The van der Waals surface area contributed by atoms with E-state index in [9.17, 15) is 13.2 Å². The Kier molecular flexibility index (Phi) is 5.15. The highest BCUT2D eigenvalue weighted by molar-refractivity contribution is 7.92. The summed E-state index contributed by atoms with van der Waals surface area (Å²) < 4.78 is 27.5. The maximum Gasteiger partial charge on any atom is 0.261 e. The molecule has 1 amide bonds. The van der Waals surface area contributed by atoms with E-state index in [1.807, 2.05) is 0 Å². The fourth-order valence-corrected chi connectivity index (χ4v) is 5.91. The molecule has 0 saturated heterocycles. The van der Waals surface area contributed by atoms with Crippen LogP contribution in [0.15, 0.2) is 59.5 Å². The van der Waals surface area contributed by atoms with Crippen molar-refractivity contribution in [1.82, 2.24) is 5.32 Å². The van der Waals surface area contributed by atoms with Crippen molar-refractivity contribution in [3.05, 3.63) is 60.2 Å². The molecule has 4 unspecified atom stereocenters. The summed E-state index contributed by atoms with van der Waals surface area (Å²) in [4.78, 5) is 12.9. The number of benzene rings is 2. The zero-order valence-electron chi connectivity index (χ0n) is 16.0. The molecule has 5 nitrogen and oxygen atoms in total. The monoisotopic (exact) mass is 398 g/mol. The van der Waals surface area contributed by atoms with E-state index in [0.29, 0.717) is 17.2 Å². The van der Waals surface area contributed by atoms with Crippen molar-refractivity contribution in [3.63, 3.8) is 0 Å². The Hall–Kier alpha value is -2.34. The predicted octanol–water partition coefficient (Wildman–Crippen LogP) is 4.04. The van der Waals surface area contributed by atoms with E-state index in [-0.39, 0.29) is 16.8 Å². The minimum atomic E-state index is -3.68. The highest BCUT2D eigenvalue weighted by Gasteiger charge is 2.42. The Morgan fingerprint density at radius 2 is 1.82 bits per heavy atom. The second kappa shape index (κ2) is 7.59. The molecule has 0 aliphatic heterocycles. The molecule has 2 aromatic rings. The molecule has 2 bridgehead atoms. The average Bonchev–Trinajstić information content (AvgIpc) is 3.32. The summed E-state index contributed by atoms with van der Waals surface area (Å²) in [5.41, 5.74) is 0.840. The van der Waals surface area contributed by atoms with Gasteiger partial charge in [-0.2, -0.15) is 0 Å². The van der Waals surface area contributed by atoms with Crippen molar-refractivity contribution in [2.75, 3.05) is 4.72 Å². The summed E-state index contributed by atoms with van der Waals surface area (Å²) in [6.07, 6.45) is 5.14. The number of sulfonamides is 1. The van der Waals surface area contributed by atoms with Crippen molar-refractivity contribution >= 4 is 21.6 Å². The van der Waals surface area contributed by atoms with E-state index in [4.69, 9.17) is 0 Å². The summed E-state index contributed by atoms with van der Waals surface area (Å²) >= 11 is 0. The number of amides is 1. The summed E-state index contributed by atoms with van der Waals surface area (Å²) in [6, 6.07) is 15.0. The van der Waals surface area contributed by atoms with Crippen LogP contribution < -0.4 is 10.0 Å². The lowest BCUT2D eigenvalue weighted by Crippen LogP contribution is -2.40. The van der Waals surface area contributed by atoms with Gasteiger partial charge in [0.05, 0.1) is 4.90 Å². The maximum atomic E-state index is 12.7. The van der Waals surface area contributed by atoms with E-state index in [2.05, 4.69) is 17.0 Å². The largest absolute Gasteiger partial charge is 0.349 e. The van der Waals surface area contributed by atoms with Crippen LogP contribution in [0.5, 0.6) is 0 Å². The van der Waals surface area contributed by atoms with Crippen LogP contribution in [-0.2, 0) is 10.0 Å². The van der Waals surface area contributed by atoms with Gasteiger partial charge in [0.15, 0.2) is 0 Å². The van der Waals surface area contributed by atoms with E-state index in [1.165, 1.54) is 37.8 Å². The molecular weight excluding hydrogens is 372 g/mol. The fraction of sp³-hybridized carbons (Fsp3) is 0.409. The van der Waals surface area contributed by atoms with Crippen LogP contribution in [0.3, 0.4) is 0 Å². The number of carbonyl (C=O) groups is 1. The summed E-state index contributed by atoms with van der Waals surface area (Å²) in [5, 5.41) is 3.13. The van der Waals surface area contributed by atoms with Crippen LogP contribution in [-0.4, -0.2) is 20.4 Å². The Morgan fingerprint density at radius 1 is 1.04 bits per heavy atom. The van der Waals surface area contributed by atoms with Crippen molar-refractivity contribution < 1.29 is 13.2 Å². The van der Waals surface area contributed by atoms with Gasteiger partial charge in [-0.05, 0) is 74.3 Å². The first-order valence-electron chi connectivity index (χ1n) is 9.91. The lowest BCUT2D eigenvalue weighted by atomic mass is 9.84. The quantitative estimate of drug-likeness (QED) is 0.771. The van der Waals surface area contributed by atoms with Crippen LogP contribution in [0.1, 0.15) is 43.0 Å². The van der Waals surface area contributed by atoms with Gasteiger partial charge in [0.2, 0.25) is 0 Å². The lowest BCUT2D eigenvalue weighted by molar-refractivity contribution is 0.0915. The number of anilines is 1. The Balaban J connectivity index is 1.44. The Labute approximate surface area is 166 Å². The van der Waals surface area contributed by atoms with Gasteiger partial charge in [-0.25, -0.2) is 8.42 Å². The van der Waals surface area contributed by atoms with Crippen molar-refractivity contribution in [3.8, 4) is 0 Å². The Bertz CT molecular complexity index is 959. The Morgan fingerprint density at radius 3 is 2.50 bits per heavy atom. The second-order valence-electron chi connectivity index (χ2n) is 8.10. The van der Waals surface area contributed by atoms with E-state index in [0.717, 1.165) is 11.8 Å². The summed E-state index contributed by atoms with van der Waals surface area (Å²) in [6.45, 7) is 2.09. The predicted molar refractivity (Wildman–Crippen MR) is 110 cm³/mol. The van der Waals surface area contributed by atoms with Crippen LogP contribution in [0.2, 0.25) is 0 Å². The molecule has 2 fully saturated rings. The molecule has 2 aliphatic rings. The van der Waals surface area contributed by atoms with Crippen molar-refractivity contribution in [2.24, 2.45) is 17.8 Å². The third-order valence-electron chi connectivity index (χ3n) is 6.22. The van der Waals surface area contributed by atoms with Gasteiger partial charge < -0.3 is 5.32 Å². The molecule has 28 heavy (non-hydrogen) atoms. The molecule has 0 spiro atoms. The van der Waals surface area contributed by atoms with Crippen molar-refractivity contribution in [2.45, 2.75) is 43.5 Å². The summed E-state index contributed by atoms with van der Waals surface area (Å²) in [5.74, 6) is 1.98. The van der Waals surface area contributed by atoms with Gasteiger partial charge in [0, 0.05) is 17.3 Å². The van der Waals surface area contributed by atoms with Gasteiger partial charge in [-0.3, -0.25) is 9.52 Å². The lowest BCUT2D eigenvalue weighted by Gasteiger charge is -2.28. The van der Waals surface area contributed by atoms with Crippen LogP contribution in [0.4, 0.5) is 5.69 Å². The molecule has 0 heterocycles. The number of hydrogen-bond donors (Lipinski definition) is 2. The molecule has 6 heteroatoms. The topological polar surface area (TPSA) is 75.3 Å². The van der Waals surface area contributed by atoms with E-state index >= 15 is 0 Å². The van der Waals surface area contributed by atoms with Gasteiger partial charge >= 0.3 is 0 Å². The molecule has 2 saturated carbocycles. The average molecular weight is 399 g/mol. The first-order valence-corrected chi connectivity index (χ1v) is 11.4. The number of hydrogen-bond acceptors (Lipinski definition) is 3. The zero-order chi connectivity index (χ0) is 19.7. The van der Waals surface area contributed by atoms with E-state index < -0.39 is 10.0 Å². The minimum Gasteiger partial charge on any atom is -0.349 e. The van der Waals surface area contributed by atoms with Crippen LogP contribution >= 0.6 is 0 Å². The first kappa shape index (κ1) is 19.0. The van der Waals surface area contributed by atoms with Gasteiger partial charge in [0.1, 0.15) is 0 Å². The second-order valence-corrected chi connectivity index (χ2v) is 9.78. The van der Waals surface area contributed by atoms with E-state index in [1.54, 1.807) is 42.5 Å². The van der Waals surface area contributed by atoms with Gasteiger partial charge in [0.25, 0.3) is 15.9 Å². The zero-order valence-corrected chi connectivity index (χ0v) is 16.8. The molecular formula is C22H26N2O3S. The standard InChI is InChI=1S/C22H26N2O3S/c1-15(21-13-16-10-11-17(21)12-16)23-22(25)18-6-5-7-19(14-18)24-28(26,27)20-8-3-2-4-9-20/h2-9,14-17,21,24H,10-13H2,1H3,(H,23,25). The highest BCUT2D eigenvalue weighted by atomic mass is 32.2. The molecule has 4 rings (SSSR count). The fourth-order valence-electron chi connectivity index (χ4n) is 4.84. The smallest absolute Gasteiger partial charge is 0.261 e. The third kappa shape index (κ3) is 3.92. The molecule has 2 aliphatic carbocycles. The van der Waals surface area contributed by atoms with Crippen LogP contribution in [0, 0.1) is 17.8 Å². The van der Waals surface area contributed by atoms with Gasteiger partial charge in [-0.1, -0.05) is 30.7 Å². The maximum absolute atomic E-state index is 12.7. The first-order chi connectivity index (χ1) is 13.4. The number of rotatable bonds is 6.